The van der Waals surface area contributed by atoms with Crippen molar-refractivity contribution in [2.45, 2.75) is 45.2 Å². The molecule has 1 saturated carbocycles. The van der Waals surface area contributed by atoms with Gasteiger partial charge in [-0.2, -0.15) is 5.10 Å². The van der Waals surface area contributed by atoms with Crippen LogP contribution in [-0.2, 0) is 13.0 Å². The fraction of sp³-hybridized carbons (Fsp3) is 0.818. The van der Waals surface area contributed by atoms with Gasteiger partial charge in [0.2, 0.25) is 0 Å². The zero-order chi connectivity index (χ0) is 10.7. The minimum atomic E-state index is 0.577. The number of hydrogen-bond donors (Lipinski definition) is 1. The first-order valence-electron chi connectivity index (χ1n) is 5.89. The molecule has 4 nitrogen and oxygen atoms in total. The average Bonchev–Trinajstić information content (AvgIpc) is 2.61. The van der Waals surface area contributed by atoms with E-state index in [2.05, 4.69) is 29.4 Å². The summed E-state index contributed by atoms with van der Waals surface area (Å²) in [6.07, 6.45) is 6.79. The molecule has 1 atom stereocenters. The van der Waals surface area contributed by atoms with Gasteiger partial charge in [0.25, 0.3) is 0 Å². The van der Waals surface area contributed by atoms with Crippen LogP contribution in [0.4, 0.5) is 0 Å². The van der Waals surface area contributed by atoms with Crippen LogP contribution in [0.2, 0.25) is 0 Å². The normalized spacial score (nSPS) is 18.8. The van der Waals surface area contributed by atoms with Crippen LogP contribution in [-0.4, -0.2) is 27.9 Å². The minimum absolute atomic E-state index is 0.577. The van der Waals surface area contributed by atoms with Crippen LogP contribution in [0.1, 0.15) is 32.0 Å². The molecule has 0 aromatic carbocycles. The summed E-state index contributed by atoms with van der Waals surface area (Å²) in [4.78, 5) is 4.33. The van der Waals surface area contributed by atoms with E-state index in [9.17, 15) is 0 Å². The molecule has 1 unspecified atom stereocenters. The number of hydrogen-bond acceptors (Lipinski definition) is 3. The van der Waals surface area contributed by atoms with Crippen molar-refractivity contribution in [3.05, 3.63) is 12.2 Å². The van der Waals surface area contributed by atoms with Crippen molar-refractivity contribution in [1.82, 2.24) is 20.1 Å². The lowest BCUT2D eigenvalue weighted by molar-refractivity contribution is 0.232. The van der Waals surface area contributed by atoms with Gasteiger partial charge in [-0.1, -0.05) is 6.42 Å². The zero-order valence-electron chi connectivity index (χ0n) is 9.61. The van der Waals surface area contributed by atoms with Crippen LogP contribution in [0.3, 0.4) is 0 Å². The third-order valence-electron chi connectivity index (χ3n) is 3.49. The average molecular weight is 208 g/mol. The van der Waals surface area contributed by atoms with Gasteiger partial charge in [-0.3, -0.25) is 4.68 Å². The lowest BCUT2D eigenvalue weighted by atomic mass is 9.78. The van der Waals surface area contributed by atoms with Gasteiger partial charge in [0.1, 0.15) is 12.2 Å². The quantitative estimate of drug-likeness (QED) is 0.791. The maximum Gasteiger partial charge on any atom is 0.138 e. The van der Waals surface area contributed by atoms with E-state index in [4.69, 9.17) is 0 Å². The third-order valence-corrected chi connectivity index (χ3v) is 3.49. The second-order valence-electron chi connectivity index (χ2n) is 4.28. The van der Waals surface area contributed by atoms with E-state index in [0.29, 0.717) is 6.04 Å². The van der Waals surface area contributed by atoms with E-state index in [-0.39, 0.29) is 0 Å². The molecular weight excluding hydrogens is 188 g/mol. The summed E-state index contributed by atoms with van der Waals surface area (Å²) in [5.41, 5.74) is 0. The highest BCUT2D eigenvalue weighted by Crippen LogP contribution is 2.30. The lowest BCUT2D eigenvalue weighted by Crippen LogP contribution is -2.39. The first kappa shape index (κ1) is 10.6. The van der Waals surface area contributed by atoms with E-state index >= 15 is 0 Å². The van der Waals surface area contributed by atoms with Crippen LogP contribution < -0.4 is 5.32 Å². The standard InChI is InChI=1S/C11H20N4/c1-3-15-11(13-8-14-15)7-10(12-2)9-5-4-6-9/h8-10,12H,3-7H2,1-2H3. The fourth-order valence-corrected chi connectivity index (χ4v) is 2.25. The van der Waals surface area contributed by atoms with Crippen LogP contribution in [0, 0.1) is 5.92 Å². The number of nitrogens with one attached hydrogen (secondary N) is 1. The molecular formula is C11H20N4. The van der Waals surface area contributed by atoms with Crippen molar-refractivity contribution in [3.63, 3.8) is 0 Å². The van der Waals surface area contributed by atoms with E-state index in [1.165, 1.54) is 19.3 Å². The van der Waals surface area contributed by atoms with Gasteiger partial charge < -0.3 is 5.32 Å². The second kappa shape index (κ2) is 4.75. The first-order valence-corrected chi connectivity index (χ1v) is 5.89. The molecule has 1 heterocycles. The molecule has 0 spiro atoms. The van der Waals surface area contributed by atoms with E-state index in [1.54, 1.807) is 6.33 Å². The molecule has 4 heteroatoms. The maximum atomic E-state index is 4.33. The Morgan fingerprint density at radius 1 is 1.60 bits per heavy atom. The Hall–Kier alpha value is -0.900. The van der Waals surface area contributed by atoms with Crippen molar-refractivity contribution < 1.29 is 0 Å². The maximum absolute atomic E-state index is 4.33. The Labute approximate surface area is 91.1 Å². The number of aryl methyl sites for hydroxylation is 1. The number of rotatable bonds is 5. The van der Waals surface area contributed by atoms with Crippen LogP contribution in [0.15, 0.2) is 6.33 Å². The van der Waals surface area contributed by atoms with Gasteiger partial charge in [0.05, 0.1) is 0 Å². The predicted molar refractivity (Wildman–Crippen MR) is 59.6 cm³/mol. The van der Waals surface area contributed by atoms with Gasteiger partial charge in [-0.05, 0) is 32.7 Å². The molecule has 2 rings (SSSR count). The molecule has 1 aliphatic carbocycles. The Morgan fingerprint density at radius 2 is 2.40 bits per heavy atom. The van der Waals surface area contributed by atoms with Gasteiger partial charge in [-0.15, -0.1) is 0 Å². The molecule has 0 saturated heterocycles. The Morgan fingerprint density at radius 3 is 2.93 bits per heavy atom. The number of likely N-dealkylation sites (N-methyl/N-ethyl adjacent to an activating group) is 1. The smallest absolute Gasteiger partial charge is 0.138 e. The molecule has 84 valence electrons. The third kappa shape index (κ3) is 2.20. The molecule has 0 amide bonds. The van der Waals surface area contributed by atoms with Crippen molar-refractivity contribution in [2.24, 2.45) is 5.92 Å². The van der Waals surface area contributed by atoms with Crippen LogP contribution >= 0.6 is 0 Å². The molecule has 1 aromatic heterocycles. The lowest BCUT2D eigenvalue weighted by Gasteiger charge is -2.33. The van der Waals surface area contributed by atoms with Crippen molar-refractivity contribution in [2.75, 3.05) is 7.05 Å². The summed E-state index contributed by atoms with van der Waals surface area (Å²) in [6, 6.07) is 0.577. The molecule has 1 fully saturated rings. The fourth-order valence-electron chi connectivity index (χ4n) is 2.25. The van der Waals surface area contributed by atoms with Crippen molar-refractivity contribution >= 4 is 0 Å². The summed E-state index contributed by atoms with van der Waals surface area (Å²) in [5.74, 6) is 1.96. The second-order valence-corrected chi connectivity index (χ2v) is 4.28. The predicted octanol–water partition coefficient (Wildman–Crippen LogP) is 1.23. The molecule has 0 radical (unpaired) electrons. The topological polar surface area (TPSA) is 42.7 Å². The van der Waals surface area contributed by atoms with Crippen molar-refractivity contribution in [3.8, 4) is 0 Å². The highest BCUT2D eigenvalue weighted by Gasteiger charge is 2.27. The van der Waals surface area contributed by atoms with Gasteiger partial charge in [0, 0.05) is 19.0 Å². The Balaban J connectivity index is 1.99. The molecule has 0 bridgehead atoms. The highest BCUT2D eigenvalue weighted by atomic mass is 15.3. The molecule has 0 aliphatic heterocycles. The van der Waals surface area contributed by atoms with Crippen LogP contribution in [0.25, 0.3) is 0 Å². The monoisotopic (exact) mass is 208 g/mol. The van der Waals surface area contributed by atoms with Gasteiger partial charge in [-0.25, -0.2) is 4.98 Å². The SMILES string of the molecule is CCn1ncnc1CC(NC)C1CCC1. The molecule has 15 heavy (non-hydrogen) atoms. The first-order chi connectivity index (χ1) is 7.35. The summed E-state index contributed by atoms with van der Waals surface area (Å²) in [6.45, 7) is 3.02. The van der Waals surface area contributed by atoms with Crippen molar-refractivity contribution in [1.29, 1.82) is 0 Å². The molecule has 1 aromatic rings. The van der Waals surface area contributed by atoms with Gasteiger partial charge >= 0.3 is 0 Å². The largest absolute Gasteiger partial charge is 0.316 e. The van der Waals surface area contributed by atoms with E-state index in [1.807, 2.05) is 4.68 Å². The Kier molecular flexibility index (Phi) is 3.36. The van der Waals surface area contributed by atoms with Gasteiger partial charge in [0.15, 0.2) is 0 Å². The van der Waals surface area contributed by atoms with E-state index in [0.717, 1.165) is 24.7 Å². The summed E-state index contributed by atoms with van der Waals surface area (Å²) in [5, 5.41) is 7.62. The zero-order valence-corrected chi connectivity index (χ0v) is 9.61. The van der Waals surface area contributed by atoms with E-state index < -0.39 is 0 Å². The summed E-state index contributed by atoms with van der Waals surface area (Å²) < 4.78 is 1.99. The molecule has 1 N–H and O–H groups in total. The minimum Gasteiger partial charge on any atom is -0.316 e. The van der Waals surface area contributed by atoms with Crippen LogP contribution in [0.5, 0.6) is 0 Å². The number of aromatic nitrogens is 3. The molecule has 1 aliphatic rings. The number of nitrogens with zero attached hydrogens (tertiary/aromatic N) is 3. The Bertz CT molecular complexity index is 303. The summed E-state index contributed by atoms with van der Waals surface area (Å²) in [7, 11) is 2.05. The summed E-state index contributed by atoms with van der Waals surface area (Å²) >= 11 is 0. The highest BCUT2D eigenvalue weighted by molar-refractivity contribution is 4.93.